The minimum atomic E-state index is 0.674. The molecule has 1 aliphatic rings. The molecule has 0 saturated heterocycles. The lowest BCUT2D eigenvalue weighted by atomic mass is 10.1. The molecule has 2 aromatic heterocycles. The Balaban J connectivity index is 1.63. The van der Waals surface area contributed by atoms with Gasteiger partial charge in [-0.2, -0.15) is 0 Å². The van der Waals surface area contributed by atoms with E-state index in [1.165, 1.54) is 5.56 Å². The van der Waals surface area contributed by atoms with Crippen molar-refractivity contribution in [1.29, 1.82) is 0 Å². The quantitative estimate of drug-likeness (QED) is 0.589. The standard InChI is InChI=1S/C21H15N5/c1-2-4-18-17(3-1)21(26-20(25-18)15-7-10-22-11-8-15)24-16-6-5-14-9-12-23-19(14)13-16/h1-8,10-13H,9H2,(H,24,25,26). The lowest BCUT2D eigenvalue weighted by Crippen LogP contribution is -1.99. The molecule has 0 saturated carbocycles. The lowest BCUT2D eigenvalue weighted by Gasteiger charge is -2.12. The molecule has 0 fully saturated rings. The first-order valence-corrected chi connectivity index (χ1v) is 8.46. The van der Waals surface area contributed by atoms with Gasteiger partial charge in [0, 0.05) is 41.7 Å². The zero-order valence-electron chi connectivity index (χ0n) is 13.9. The van der Waals surface area contributed by atoms with E-state index < -0.39 is 0 Å². The monoisotopic (exact) mass is 337 g/mol. The number of anilines is 2. The van der Waals surface area contributed by atoms with Crippen LogP contribution in [0.25, 0.3) is 22.3 Å². The molecule has 26 heavy (non-hydrogen) atoms. The van der Waals surface area contributed by atoms with Gasteiger partial charge in [0.15, 0.2) is 5.82 Å². The third-order valence-corrected chi connectivity index (χ3v) is 4.43. The molecule has 0 atom stereocenters. The molecule has 0 unspecified atom stereocenters. The predicted molar refractivity (Wildman–Crippen MR) is 104 cm³/mol. The molecule has 5 nitrogen and oxygen atoms in total. The van der Waals surface area contributed by atoms with Gasteiger partial charge >= 0.3 is 0 Å². The van der Waals surface area contributed by atoms with Gasteiger partial charge in [-0.1, -0.05) is 18.2 Å². The second-order valence-electron chi connectivity index (χ2n) is 6.13. The molecule has 0 aliphatic carbocycles. The van der Waals surface area contributed by atoms with Crippen molar-refractivity contribution in [3.8, 4) is 11.4 Å². The van der Waals surface area contributed by atoms with E-state index in [-0.39, 0.29) is 0 Å². The minimum absolute atomic E-state index is 0.674. The number of aromatic nitrogens is 3. The zero-order valence-corrected chi connectivity index (χ0v) is 13.9. The summed E-state index contributed by atoms with van der Waals surface area (Å²) in [5, 5.41) is 4.43. The molecular weight excluding hydrogens is 322 g/mol. The summed E-state index contributed by atoms with van der Waals surface area (Å²) in [6, 6.07) is 18.1. The SMILES string of the molecule is C1=Nc2cc(Nc3nc(-c4ccncc4)nc4ccccc34)ccc2C1. The summed E-state index contributed by atoms with van der Waals surface area (Å²) in [5.74, 6) is 1.46. The topological polar surface area (TPSA) is 63.1 Å². The first-order chi connectivity index (χ1) is 12.9. The second kappa shape index (κ2) is 6.04. The largest absolute Gasteiger partial charge is 0.340 e. The highest BCUT2D eigenvalue weighted by atomic mass is 15.0. The molecule has 0 amide bonds. The Kier molecular flexibility index (Phi) is 3.42. The molecule has 3 heterocycles. The van der Waals surface area contributed by atoms with Gasteiger partial charge in [0.05, 0.1) is 11.2 Å². The van der Waals surface area contributed by atoms with Crippen LogP contribution in [0.15, 0.2) is 72.0 Å². The molecular formula is C21H15N5. The van der Waals surface area contributed by atoms with Crippen LogP contribution in [0, 0.1) is 0 Å². The Bertz CT molecular complexity index is 1140. The zero-order chi connectivity index (χ0) is 17.3. The van der Waals surface area contributed by atoms with E-state index in [4.69, 9.17) is 9.97 Å². The number of rotatable bonds is 3. The summed E-state index contributed by atoms with van der Waals surface area (Å²) >= 11 is 0. The van der Waals surface area contributed by atoms with Crippen molar-refractivity contribution in [2.45, 2.75) is 6.42 Å². The van der Waals surface area contributed by atoms with E-state index >= 15 is 0 Å². The number of hydrogen-bond donors (Lipinski definition) is 1. The second-order valence-corrected chi connectivity index (χ2v) is 6.13. The number of benzene rings is 2. The van der Waals surface area contributed by atoms with Crippen molar-refractivity contribution in [1.82, 2.24) is 15.0 Å². The molecule has 1 N–H and O–H groups in total. The Morgan fingerprint density at radius 1 is 0.885 bits per heavy atom. The first kappa shape index (κ1) is 14.7. The van der Waals surface area contributed by atoms with Crippen molar-refractivity contribution >= 4 is 34.3 Å². The van der Waals surface area contributed by atoms with Gasteiger partial charge in [-0.25, -0.2) is 9.97 Å². The average molecular weight is 337 g/mol. The van der Waals surface area contributed by atoms with Crippen molar-refractivity contribution in [2.24, 2.45) is 4.99 Å². The summed E-state index contributed by atoms with van der Waals surface area (Å²) in [7, 11) is 0. The highest BCUT2D eigenvalue weighted by Gasteiger charge is 2.11. The van der Waals surface area contributed by atoms with E-state index in [2.05, 4.69) is 33.5 Å². The van der Waals surface area contributed by atoms with Crippen LogP contribution in [0.2, 0.25) is 0 Å². The van der Waals surface area contributed by atoms with Gasteiger partial charge in [0.2, 0.25) is 0 Å². The third-order valence-electron chi connectivity index (χ3n) is 4.43. The number of nitrogens with zero attached hydrogens (tertiary/aromatic N) is 4. The smallest absolute Gasteiger partial charge is 0.162 e. The molecule has 124 valence electrons. The van der Waals surface area contributed by atoms with E-state index in [9.17, 15) is 0 Å². The van der Waals surface area contributed by atoms with Crippen LogP contribution in [0.4, 0.5) is 17.2 Å². The van der Waals surface area contributed by atoms with Crippen molar-refractivity contribution < 1.29 is 0 Å². The average Bonchev–Trinajstić information content (AvgIpc) is 3.16. The molecule has 2 aromatic carbocycles. The molecule has 0 radical (unpaired) electrons. The van der Waals surface area contributed by atoms with Crippen LogP contribution in [0.3, 0.4) is 0 Å². The van der Waals surface area contributed by atoms with Gasteiger partial charge in [0.25, 0.3) is 0 Å². The number of nitrogens with one attached hydrogen (secondary N) is 1. The van der Waals surface area contributed by atoms with Crippen LogP contribution < -0.4 is 5.32 Å². The van der Waals surface area contributed by atoms with Crippen LogP contribution in [0.5, 0.6) is 0 Å². The number of aliphatic imine (C=N–C) groups is 1. The minimum Gasteiger partial charge on any atom is -0.340 e. The fourth-order valence-electron chi connectivity index (χ4n) is 3.12. The summed E-state index contributed by atoms with van der Waals surface area (Å²) in [6.07, 6.45) is 6.34. The Morgan fingerprint density at radius 3 is 2.69 bits per heavy atom. The highest BCUT2D eigenvalue weighted by molar-refractivity contribution is 5.92. The maximum absolute atomic E-state index is 4.77. The summed E-state index contributed by atoms with van der Waals surface area (Å²) < 4.78 is 0. The fourth-order valence-corrected chi connectivity index (χ4v) is 3.12. The number of hydrogen-bond acceptors (Lipinski definition) is 5. The Labute approximate surface area is 150 Å². The van der Waals surface area contributed by atoms with Gasteiger partial charge in [0.1, 0.15) is 5.82 Å². The summed E-state index contributed by atoms with van der Waals surface area (Å²) in [5.41, 5.74) is 5.07. The van der Waals surface area contributed by atoms with E-state index in [0.29, 0.717) is 5.82 Å². The lowest BCUT2D eigenvalue weighted by molar-refractivity contribution is 1.21. The van der Waals surface area contributed by atoms with Gasteiger partial charge in [-0.15, -0.1) is 0 Å². The molecule has 1 aliphatic heterocycles. The van der Waals surface area contributed by atoms with E-state index in [1.807, 2.05) is 42.6 Å². The number of para-hydroxylation sites is 1. The van der Waals surface area contributed by atoms with Crippen LogP contribution in [-0.2, 0) is 6.42 Å². The van der Waals surface area contributed by atoms with Crippen molar-refractivity contribution in [3.05, 3.63) is 72.6 Å². The summed E-state index contributed by atoms with van der Waals surface area (Å²) in [6.45, 7) is 0. The Morgan fingerprint density at radius 2 is 1.77 bits per heavy atom. The van der Waals surface area contributed by atoms with Crippen molar-refractivity contribution in [3.63, 3.8) is 0 Å². The van der Waals surface area contributed by atoms with Crippen LogP contribution in [-0.4, -0.2) is 21.2 Å². The van der Waals surface area contributed by atoms with Crippen molar-refractivity contribution in [2.75, 3.05) is 5.32 Å². The third kappa shape index (κ3) is 2.59. The van der Waals surface area contributed by atoms with Crippen LogP contribution in [0.1, 0.15) is 5.56 Å². The normalized spacial score (nSPS) is 12.3. The molecule has 5 heteroatoms. The van der Waals surface area contributed by atoms with Crippen LogP contribution >= 0.6 is 0 Å². The summed E-state index contributed by atoms with van der Waals surface area (Å²) in [4.78, 5) is 18.0. The molecule has 0 bridgehead atoms. The molecule has 5 rings (SSSR count). The van der Waals surface area contributed by atoms with E-state index in [1.54, 1.807) is 12.4 Å². The first-order valence-electron chi connectivity index (χ1n) is 8.46. The number of fused-ring (bicyclic) bond motifs is 2. The molecule has 0 spiro atoms. The van der Waals surface area contributed by atoms with Gasteiger partial charge in [-0.05, 0) is 42.0 Å². The maximum atomic E-state index is 4.77. The molecule has 4 aromatic rings. The Hall–Kier alpha value is -3.60. The van der Waals surface area contributed by atoms with E-state index in [0.717, 1.165) is 40.1 Å². The fraction of sp³-hybridized carbons (Fsp3) is 0.0476. The maximum Gasteiger partial charge on any atom is 0.162 e. The van der Waals surface area contributed by atoms with Gasteiger partial charge in [-0.3, -0.25) is 9.98 Å². The van der Waals surface area contributed by atoms with Gasteiger partial charge < -0.3 is 5.32 Å². The number of pyridine rings is 1. The predicted octanol–water partition coefficient (Wildman–Crippen LogP) is 4.69. The highest BCUT2D eigenvalue weighted by Crippen LogP contribution is 2.31.